The summed E-state index contributed by atoms with van der Waals surface area (Å²) in [5.74, 6) is -1.01. The number of hydrogen-bond donors (Lipinski definition) is 2. The molecule has 172 valence electrons. The molecule has 0 amide bonds. The van der Waals surface area contributed by atoms with Crippen LogP contribution in [-0.2, 0) is 22.7 Å². The topological polar surface area (TPSA) is 107 Å². The van der Waals surface area contributed by atoms with E-state index in [-0.39, 0.29) is 52.6 Å². The molecule has 3 N–H and O–H groups in total. The molecule has 32 heavy (non-hydrogen) atoms. The second-order valence-electron chi connectivity index (χ2n) is 6.79. The normalized spacial score (nSPS) is 12.2. The Morgan fingerprint density at radius 1 is 1.12 bits per heavy atom. The lowest BCUT2D eigenvalue weighted by molar-refractivity contribution is -0.143. The van der Waals surface area contributed by atoms with Crippen LogP contribution >= 0.6 is 0 Å². The fraction of sp³-hybridized carbons (Fsp3) is 0.250. The van der Waals surface area contributed by atoms with E-state index in [1.807, 2.05) is 0 Å². The van der Waals surface area contributed by atoms with Crippen molar-refractivity contribution in [1.29, 1.82) is 0 Å². The van der Waals surface area contributed by atoms with E-state index >= 15 is 0 Å². The molecular weight excluding hydrogens is 454 g/mol. The van der Waals surface area contributed by atoms with Crippen molar-refractivity contribution in [3.8, 4) is 28.1 Å². The van der Waals surface area contributed by atoms with Crippen molar-refractivity contribution in [2.75, 3.05) is 13.7 Å². The number of ether oxygens (including phenoxy) is 1. The maximum atomic E-state index is 14.3. The van der Waals surface area contributed by atoms with Crippen molar-refractivity contribution >= 4 is 10.0 Å². The summed E-state index contributed by atoms with van der Waals surface area (Å²) in [6, 6.07) is 8.19. The molecular formula is C20H19F4N3O4S. The lowest BCUT2D eigenvalue weighted by atomic mass is 9.98. The highest BCUT2D eigenvalue weighted by Crippen LogP contribution is 2.43. The van der Waals surface area contributed by atoms with Gasteiger partial charge < -0.3 is 9.84 Å². The summed E-state index contributed by atoms with van der Waals surface area (Å²) in [5.41, 5.74) is -1.59. The van der Waals surface area contributed by atoms with Gasteiger partial charge in [-0.25, -0.2) is 17.9 Å². The SMILES string of the molecule is COc1ccc(-c2c(-c3ccc(S(N)(=O)=O)cc3)nn(CCCO)c2C(F)(F)F)cc1F. The first-order valence-corrected chi connectivity index (χ1v) is 10.8. The Kier molecular flexibility index (Phi) is 6.58. The Hall–Kier alpha value is -2.96. The molecule has 0 radical (unpaired) electrons. The summed E-state index contributed by atoms with van der Waals surface area (Å²) in [7, 11) is -2.79. The first-order valence-electron chi connectivity index (χ1n) is 9.23. The Morgan fingerprint density at radius 3 is 2.25 bits per heavy atom. The van der Waals surface area contributed by atoms with Gasteiger partial charge in [0.1, 0.15) is 5.69 Å². The van der Waals surface area contributed by atoms with Gasteiger partial charge >= 0.3 is 6.18 Å². The van der Waals surface area contributed by atoms with E-state index in [1.165, 1.54) is 31.4 Å². The molecule has 0 aliphatic carbocycles. The van der Waals surface area contributed by atoms with Crippen molar-refractivity contribution in [3.63, 3.8) is 0 Å². The highest BCUT2D eigenvalue weighted by Gasteiger charge is 2.40. The Morgan fingerprint density at radius 2 is 1.75 bits per heavy atom. The van der Waals surface area contributed by atoms with Crippen LogP contribution < -0.4 is 9.88 Å². The van der Waals surface area contributed by atoms with Crippen molar-refractivity contribution in [2.45, 2.75) is 24.0 Å². The predicted molar refractivity (Wildman–Crippen MR) is 108 cm³/mol. The van der Waals surface area contributed by atoms with E-state index in [0.29, 0.717) is 4.68 Å². The number of primary sulfonamides is 1. The number of aliphatic hydroxyl groups excluding tert-OH is 1. The van der Waals surface area contributed by atoms with Crippen LogP contribution in [0.1, 0.15) is 12.1 Å². The third-order valence-electron chi connectivity index (χ3n) is 4.65. The number of nitrogens with zero attached hydrogens (tertiary/aromatic N) is 2. The minimum Gasteiger partial charge on any atom is -0.494 e. The molecule has 2 aromatic carbocycles. The molecule has 0 fully saturated rings. The van der Waals surface area contributed by atoms with Gasteiger partial charge in [-0.3, -0.25) is 4.68 Å². The fourth-order valence-corrected chi connectivity index (χ4v) is 3.75. The zero-order valence-corrected chi connectivity index (χ0v) is 17.5. The number of rotatable bonds is 7. The second kappa shape index (κ2) is 8.88. The first kappa shape index (κ1) is 23.7. The highest BCUT2D eigenvalue weighted by molar-refractivity contribution is 7.89. The van der Waals surface area contributed by atoms with Gasteiger partial charge in [0.05, 0.1) is 12.0 Å². The minimum atomic E-state index is -4.85. The molecule has 0 aliphatic heterocycles. The van der Waals surface area contributed by atoms with E-state index in [9.17, 15) is 26.0 Å². The largest absolute Gasteiger partial charge is 0.494 e. The number of halogens is 4. The van der Waals surface area contributed by atoms with E-state index in [0.717, 1.165) is 18.2 Å². The van der Waals surface area contributed by atoms with Crippen LogP contribution in [0.3, 0.4) is 0 Å². The summed E-state index contributed by atoms with van der Waals surface area (Å²) in [5, 5.41) is 18.2. The number of aliphatic hydroxyl groups is 1. The Balaban J connectivity index is 2.30. The van der Waals surface area contributed by atoms with E-state index in [2.05, 4.69) is 5.10 Å². The van der Waals surface area contributed by atoms with Gasteiger partial charge in [0.2, 0.25) is 10.0 Å². The summed E-state index contributed by atoms with van der Waals surface area (Å²) in [4.78, 5) is -0.228. The van der Waals surface area contributed by atoms with Crippen molar-refractivity contribution < 1.29 is 35.8 Å². The molecule has 0 saturated heterocycles. The molecule has 1 heterocycles. The maximum Gasteiger partial charge on any atom is 0.433 e. The standard InChI is InChI=1S/C20H19F4N3O4S/c1-31-16-8-5-13(11-15(16)21)17-18(12-3-6-14(7-4-12)32(25,29)30)26-27(9-2-10-28)19(17)20(22,23)24/h3-8,11,28H,2,9-10H2,1H3,(H2,25,29,30). The molecule has 7 nitrogen and oxygen atoms in total. The van der Waals surface area contributed by atoms with Crippen LogP contribution in [-0.4, -0.2) is 37.0 Å². The number of aromatic nitrogens is 2. The van der Waals surface area contributed by atoms with Gasteiger partial charge in [-0.15, -0.1) is 0 Å². The van der Waals surface area contributed by atoms with E-state index in [4.69, 9.17) is 15.0 Å². The number of benzene rings is 2. The number of hydrogen-bond acceptors (Lipinski definition) is 5. The Bertz CT molecular complexity index is 1220. The van der Waals surface area contributed by atoms with Gasteiger partial charge in [0.25, 0.3) is 0 Å². The average Bonchev–Trinajstić information content (AvgIpc) is 3.11. The number of nitrogens with two attached hydrogens (primary N) is 1. The fourth-order valence-electron chi connectivity index (χ4n) is 3.23. The Labute approximate surface area is 181 Å². The number of methoxy groups -OCH3 is 1. The lowest BCUT2D eigenvalue weighted by Gasteiger charge is -2.13. The summed E-state index contributed by atoms with van der Waals surface area (Å²) in [6.07, 6.45) is -4.85. The molecule has 0 bridgehead atoms. The number of aryl methyl sites for hydroxylation is 1. The molecule has 0 saturated carbocycles. The van der Waals surface area contributed by atoms with E-state index in [1.54, 1.807) is 0 Å². The van der Waals surface area contributed by atoms with Crippen LogP contribution in [0.25, 0.3) is 22.4 Å². The molecule has 3 aromatic rings. The van der Waals surface area contributed by atoms with Crippen LogP contribution in [0.15, 0.2) is 47.4 Å². The summed E-state index contributed by atoms with van der Waals surface area (Å²) < 4.78 is 85.1. The molecule has 1 aromatic heterocycles. The van der Waals surface area contributed by atoms with Gasteiger partial charge in [-0.05, 0) is 36.2 Å². The van der Waals surface area contributed by atoms with E-state index < -0.39 is 27.7 Å². The predicted octanol–water partition coefficient (Wildman–Crippen LogP) is 3.41. The van der Waals surface area contributed by atoms with Crippen LogP contribution in [0.2, 0.25) is 0 Å². The zero-order valence-electron chi connectivity index (χ0n) is 16.7. The zero-order chi connectivity index (χ0) is 23.7. The second-order valence-corrected chi connectivity index (χ2v) is 8.35. The molecule has 0 unspecified atom stereocenters. The maximum absolute atomic E-state index is 14.3. The highest BCUT2D eigenvalue weighted by atomic mass is 32.2. The molecule has 12 heteroatoms. The smallest absolute Gasteiger partial charge is 0.433 e. The summed E-state index contributed by atoms with van der Waals surface area (Å²) >= 11 is 0. The number of sulfonamides is 1. The quantitative estimate of drug-likeness (QED) is 0.512. The molecule has 3 rings (SSSR count). The third-order valence-corrected chi connectivity index (χ3v) is 5.57. The van der Waals surface area contributed by atoms with Gasteiger partial charge in [0.15, 0.2) is 17.3 Å². The molecule has 0 spiro atoms. The monoisotopic (exact) mass is 473 g/mol. The first-order chi connectivity index (χ1) is 15.0. The van der Waals surface area contributed by atoms with Gasteiger partial charge in [0, 0.05) is 24.3 Å². The van der Waals surface area contributed by atoms with Crippen LogP contribution in [0.5, 0.6) is 5.75 Å². The van der Waals surface area contributed by atoms with Crippen molar-refractivity contribution in [1.82, 2.24) is 9.78 Å². The summed E-state index contributed by atoms with van der Waals surface area (Å²) in [6.45, 7) is -0.603. The lowest BCUT2D eigenvalue weighted by Crippen LogP contribution is -2.16. The van der Waals surface area contributed by atoms with Crippen LogP contribution in [0, 0.1) is 5.82 Å². The molecule has 0 atom stereocenters. The van der Waals surface area contributed by atoms with Crippen molar-refractivity contribution in [2.24, 2.45) is 5.14 Å². The third kappa shape index (κ3) is 4.76. The van der Waals surface area contributed by atoms with Crippen LogP contribution in [0.4, 0.5) is 17.6 Å². The average molecular weight is 473 g/mol. The molecule has 0 aliphatic rings. The number of alkyl halides is 3. The minimum absolute atomic E-state index is 0.00493. The van der Waals surface area contributed by atoms with Crippen molar-refractivity contribution in [3.05, 3.63) is 54.0 Å². The van der Waals surface area contributed by atoms with Gasteiger partial charge in [-0.1, -0.05) is 18.2 Å². The van der Waals surface area contributed by atoms with Gasteiger partial charge in [-0.2, -0.15) is 18.3 Å².